The van der Waals surface area contributed by atoms with E-state index in [9.17, 15) is 4.79 Å². The lowest BCUT2D eigenvalue weighted by Crippen LogP contribution is -2.23. The number of para-hydroxylation sites is 1. The Kier molecular flexibility index (Phi) is 5.46. The summed E-state index contributed by atoms with van der Waals surface area (Å²) in [6.45, 7) is 0.352. The van der Waals surface area contributed by atoms with E-state index >= 15 is 0 Å². The molecule has 0 unspecified atom stereocenters. The predicted molar refractivity (Wildman–Crippen MR) is 97.3 cm³/mol. The second kappa shape index (κ2) is 7.95. The van der Waals surface area contributed by atoms with Crippen LogP contribution < -0.4 is 10.0 Å². The Balaban J connectivity index is 1.65. The van der Waals surface area contributed by atoms with Crippen LogP contribution in [-0.4, -0.2) is 5.91 Å². The van der Waals surface area contributed by atoms with Gasteiger partial charge in [-0.2, -0.15) is 0 Å². The Morgan fingerprint density at radius 2 is 1.83 bits per heavy atom. The van der Waals surface area contributed by atoms with Crippen molar-refractivity contribution in [3.8, 4) is 0 Å². The van der Waals surface area contributed by atoms with Gasteiger partial charge in [-0.3, -0.25) is 4.79 Å². The molecule has 0 aliphatic heterocycles. The minimum absolute atomic E-state index is 0.161. The molecule has 6 heteroatoms. The number of halogens is 1. The Labute approximate surface area is 149 Å². The molecule has 2 aromatic carbocycles. The largest absolute Gasteiger partial charge is 0.467 e. The first-order chi connectivity index (χ1) is 11.7. The number of benzene rings is 2. The minimum atomic E-state index is -0.161. The van der Waals surface area contributed by atoms with Crippen LogP contribution in [0.1, 0.15) is 16.1 Å². The molecule has 122 valence electrons. The van der Waals surface area contributed by atoms with Crippen LogP contribution in [0, 0.1) is 0 Å². The minimum Gasteiger partial charge on any atom is -0.467 e. The second-order valence-electron chi connectivity index (χ2n) is 4.97. The molecule has 4 nitrogen and oxygen atoms in total. The van der Waals surface area contributed by atoms with Crippen LogP contribution in [0.2, 0.25) is 5.02 Å². The summed E-state index contributed by atoms with van der Waals surface area (Å²) in [6, 6.07) is 18.5. The maximum Gasteiger partial charge on any atom is 0.253 e. The third-order valence-corrected chi connectivity index (χ3v) is 4.35. The van der Waals surface area contributed by atoms with Gasteiger partial charge in [-0.25, -0.2) is 0 Å². The molecule has 0 aliphatic rings. The maximum atomic E-state index is 12.4. The quantitative estimate of drug-likeness (QED) is 0.610. The molecule has 0 spiro atoms. The third kappa shape index (κ3) is 4.34. The zero-order valence-corrected chi connectivity index (χ0v) is 14.2. The summed E-state index contributed by atoms with van der Waals surface area (Å²) in [5.74, 6) is 0.551. The molecule has 1 amide bonds. The van der Waals surface area contributed by atoms with E-state index in [0.717, 1.165) is 10.6 Å². The molecule has 0 bridgehead atoms. The summed E-state index contributed by atoms with van der Waals surface area (Å²) in [7, 11) is 0. The van der Waals surface area contributed by atoms with Gasteiger partial charge in [-0.1, -0.05) is 23.7 Å². The van der Waals surface area contributed by atoms with Gasteiger partial charge in [0.25, 0.3) is 5.91 Å². The molecular weight excluding hydrogens is 344 g/mol. The highest BCUT2D eigenvalue weighted by molar-refractivity contribution is 8.00. The van der Waals surface area contributed by atoms with Crippen LogP contribution in [0.25, 0.3) is 0 Å². The molecular formula is C18H15ClN2O2S. The first-order valence-electron chi connectivity index (χ1n) is 7.30. The van der Waals surface area contributed by atoms with Gasteiger partial charge in [-0.15, -0.1) is 0 Å². The van der Waals surface area contributed by atoms with Crippen LogP contribution in [-0.2, 0) is 6.54 Å². The molecule has 3 rings (SSSR count). The summed E-state index contributed by atoms with van der Waals surface area (Å²) >= 11 is 7.30. The van der Waals surface area contributed by atoms with Gasteiger partial charge in [0.1, 0.15) is 5.76 Å². The number of furan rings is 1. The summed E-state index contributed by atoms with van der Waals surface area (Å²) in [4.78, 5) is 13.4. The Hall–Kier alpha value is -2.37. The van der Waals surface area contributed by atoms with Crippen molar-refractivity contribution in [2.45, 2.75) is 11.4 Å². The number of hydrogen-bond acceptors (Lipinski definition) is 4. The molecule has 0 aliphatic carbocycles. The molecule has 24 heavy (non-hydrogen) atoms. The third-order valence-electron chi connectivity index (χ3n) is 3.27. The maximum absolute atomic E-state index is 12.4. The van der Waals surface area contributed by atoms with Gasteiger partial charge in [-0.05, 0) is 60.5 Å². The zero-order valence-electron chi connectivity index (χ0n) is 12.7. The molecule has 2 N–H and O–H groups in total. The molecule has 1 aromatic heterocycles. The van der Waals surface area contributed by atoms with Crippen molar-refractivity contribution in [3.63, 3.8) is 0 Å². The van der Waals surface area contributed by atoms with E-state index in [4.69, 9.17) is 16.0 Å². The number of hydrogen-bond donors (Lipinski definition) is 2. The lowest BCUT2D eigenvalue weighted by Gasteiger charge is -2.11. The smallest absolute Gasteiger partial charge is 0.253 e. The molecule has 3 aromatic rings. The van der Waals surface area contributed by atoms with E-state index in [2.05, 4.69) is 10.0 Å². The number of rotatable bonds is 6. The lowest BCUT2D eigenvalue weighted by molar-refractivity contribution is 0.0949. The number of nitrogens with one attached hydrogen (secondary N) is 2. The van der Waals surface area contributed by atoms with Crippen molar-refractivity contribution in [1.82, 2.24) is 5.32 Å². The average Bonchev–Trinajstić information content (AvgIpc) is 3.13. The predicted octanol–water partition coefficient (Wildman–Crippen LogP) is 4.98. The van der Waals surface area contributed by atoms with Crippen LogP contribution in [0.15, 0.2) is 76.2 Å². The van der Waals surface area contributed by atoms with Crippen molar-refractivity contribution in [2.24, 2.45) is 0 Å². The van der Waals surface area contributed by atoms with Crippen molar-refractivity contribution in [1.29, 1.82) is 0 Å². The van der Waals surface area contributed by atoms with Crippen LogP contribution in [0.5, 0.6) is 0 Å². The second-order valence-corrected chi connectivity index (χ2v) is 6.28. The highest BCUT2D eigenvalue weighted by Gasteiger charge is 2.11. The number of anilines is 1. The monoisotopic (exact) mass is 358 g/mol. The normalized spacial score (nSPS) is 10.4. The van der Waals surface area contributed by atoms with Crippen LogP contribution in [0.3, 0.4) is 0 Å². The number of amides is 1. The van der Waals surface area contributed by atoms with Crippen molar-refractivity contribution in [2.75, 3.05) is 4.72 Å². The lowest BCUT2D eigenvalue weighted by atomic mass is 10.1. The van der Waals surface area contributed by atoms with Crippen LogP contribution in [0.4, 0.5) is 5.69 Å². The number of carbonyl (C=O) groups excluding carboxylic acids is 1. The fraction of sp³-hybridized carbons (Fsp3) is 0.0556. The van der Waals surface area contributed by atoms with Crippen molar-refractivity contribution >= 4 is 35.1 Å². The first-order valence-corrected chi connectivity index (χ1v) is 8.50. The topological polar surface area (TPSA) is 54.3 Å². The number of carbonyl (C=O) groups is 1. The highest BCUT2D eigenvalue weighted by atomic mass is 35.5. The summed E-state index contributed by atoms with van der Waals surface area (Å²) < 4.78 is 8.43. The Morgan fingerprint density at radius 1 is 1.04 bits per heavy atom. The van der Waals surface area contributed by atoms with Gasteiger partial charge in [0.05, 0.1) is 24.1 Å². The van der Waals surface area contributed by atoms with E-state index in [1.807, 2.05) is 48.5 Å². The molecule has 0 saturated carbocycles. The van der Waals surface area contributed by atoms with Gasteiger partial charge >= 0.3 is 0 Å². The summed E-state index contributed by atoms with van der Waals surface area (Å²) in [6.07, 6.45) is 1.58. The SMILES string of the molecule is O=C(NCc1ccco1)c1ccccc1NSc1ccc(Cl)cc1. The molecule has 0 atom stereocenters. The van der Waals surface area contributed by atoms with Gasteiger partial charge in [0.2, 0.25) is 0 Å². The Morgan fingerprint density at radius 3 is 2.58 bits per heavy atom. The summed E-state index contributed by atoms with van der Waals surface area (Å²) in [5, 5.41) is 3.54. The van der Waals surface area contributed by atoms with E-state index in [-0.39, 0.29) is 5.91 Å². The van der Waals surface area contributed by atoms with E-state index in [1.54, 1.807) is 18.4 Å². The first kappa shape index (κ1) is 16.5. The fourth-order valence-electron chi connectivity index (χ4n) is 2.06. The van der Waals surface area contributed by atoms with Gasteiger partial charge in [0.15, 0.2) is 0 Å². The molecule has 0 radical (unpaired) electrons. The average molecular weight is 359 g/mol. The van der Waals surface area contributed by atoms with Crippen LogP contribution >= 0.6 is 23.5 Å². The van der Waals surface area contributed by atoms with Gasteiger partial charge in [0, 0.05) is 9.92 Å². The zero-order chi connectivity index (χ0) is 16.8. The van der Waals surface area contributed by atoms with Crippen molar-refractivity contribution in [3.05, 3.63) is 83.3 Å². The van der Waals surface area contributed by atoms with E-state index < -0.39 is 0 Å². The summed E-state index contributed by atoms with van der Waals surface area (Å²) in [5.41, 5.74) is 1.32. The molecule has 0 fully saturated rings. The highest BCUT2D eigenvalue weighted by Crippen LogP contribution is 2.25. The standard InChI is InChI=1S/C18H15ClN2O2S/c19-13-7-9-15(10-8-13)24-21-17-6-2-1-5-16(17)18(22)20-12-14-4-3-11-23-14/h1-11,21H,12H2,(H,20,22). The fourth-order valence-corrected chi connectivity index (χ4v) is 2.87. The van der Waals surface area contributed by atoms with E-state index in [1.165, 1.54) is 11.9 Å². The molecule has 0 saturated heterocycles. The van der Waals surface area contributed by atoms with Gasteiger partial charge < -0.3 is 14.5 Å². The van der Waals surface area contributed by atoms with E-state index in [0.29, 0.717) is 22.9 Å². The Bertz CT molecular complexity index is 804. The van der Waals surface area contributed by atoms with Crippen molar-refractivity contribution < 1.29 is 9.21 Å². The molecule has 1 heterocycles.